The maximum absolute atomic E-state index is 14.5. The van der Waals surface area contributed by atoms with Crippen LogP contribution in [0, 0.1) is 17.8 Å². The fourth-order valence-corrected chi connectivity index (χ4v) is 6.91. The Morgan fingerprint density at radius 2 is 1.14 bits per heavy atom. The highest BCUT2D eigenvalue weighted by atomic mass is 16.5. The predicted octanol–water partition coefficient (Wildman–Crippen LogP) is 0.322. The Morgan fingerprint density at radius 3 is 1.66 bits per heavy atom. The molecule has 18 heteroatoms. The second-order valence-corrected chi connectivity index (χ2v) is 17.3. The normalized spacial score (nSPS) is 24.5. The van der Waals surface area contributed by atoms with Gasteiger partial charge in [0, 0.05) is 18.8 Å². The average Bonchev–Trinajstić information content (AvgIpc) is 3.24. The molecule has 10 atom stereocenters. The topological polar surface area (TPSA) is 270 Å². The minimum Gasteiger partial charge on any atom is -0.458 e. The minimum atomic E-state index is -1.79. The highest BCUT2D eigenvalue weighted by molar-refractivity contribution is 5.98. The minimum absolute atomic E-state index is 0.0121. The Labute approximate surface area is 375 Å². The van der Waals surface area contributed by atoms with E-state index in [2.05, 4.69) is 37.2 Å². The maximum atomic E-state index is 14.5. The number of nitrogens with one attached hydrogen (secondary N) is 7. The lowest BCUT2D eigenvalue weighted by Gasteiger charge is -2.30. The molecule has 2 unspecified atom stereocenters. The first-order valence-corrected chi connectivity index (χ1v) is 21.9. The van der Waals surface area contributed by atoms with Gasteiger partial charge in [0.2, 0.25) is 41.4 Å². The molecule has 2 aromatic carbocycles. The molecule has 1 fully saturated rings. The van der Waals surface area contributed by atoms with Crippen molar-refractivity contribution in [1.82, 2.24) is 37.2 Å². The fraction of sp³-hybridized carbons (Fsp3) is 0.565. The van der Waals surface area contributed by atoms with Crippen molar-refractivity contribution in [2.24, 2.45) is 17.8 Å². The number of ether oxygens (including phenoxy) is 1. The summed E-state index contributed by atoms with van der Waals surface area (Å²) in [6.45, 7) is 12.2. The molecular weight excluding hydrogens is 827 g/mol. The molecule has 1 aliphatic rings. The molecule has 0 spiro atoms. The van der Waals surface area contributed by atoms with Crippen LogP contribution in [0.5, 0.6) is 0 Å². The zero-order valence-electron chi connectivity index (χ0n) is 38.0. The van der Waals surface area contributed by atoms with Gasteiger partial charge in [-0.25, -0.2) is 4.79 Å². The van der Waals surface area contributed by atoms with Crippen molar-refractivity contribution in [3.8, 4) is 0 Å². The van der Waals surface area contributed by atoms with Crippen molar-refractivity contribution in [3.63, 3.8) is 0 Å². The summed E-state index contributed by atoms with van der Waals surface area (Å²) < 4.78 is 5.62. The van der Waals surface area contributed by atoms with E-state index < -0.39 is 114 Å². The first-order chi connectivity index (χ1) is 30.2. The van der Waals surface area contributed by atoms with Crippen molar-refractivity contribution in [3.05, 3.63) is 71.8 Å². The Kier molecular flexibility index (Phi) is 20.8. The number of carbonyl (C=O) groups excluding carboxylic acids is 8. The zero-order chi connectivity index (χ0) is 47.7. The van der Waals surface area contributed by atoms with Gasteiger partial charge in [-0.2, -0.15) is 0 Å². The second kappa shape index (κ2) is 25.4. The molecule has 1 saturated heterocycles. The number of benzene rings is 2. The van der Waals surface area contributed by atoms with Crippen LogP contribution in [0.25, 0.3) is 0 Å². The van der Waals surface area contributed by atoms with Gasteiger partial charge < -0.3 is 52.2 Å². The van der Waals surface area contributed by atoms with E-state index in [-0.39, 0.29) is 37.5 Å². The lowest BCUT2D eigenvalue weighted by atomic mass is 9.99. The van der Waals surface area contributed by atoms with E-state index in [1.54, 1.807) is 95.3 Å². The Bertz CT molecular complexity index is 1900. The van der Waals surface area contributed by atoms with Crippen LogP contribution >= 0.6 is 0 Å². The molecule has 1 aliphatic heterocycles. The summed E-state index contributed by atoms with van der Waals surface area (Å²) in [6.07, 6.45) is -2.51. The van der Waals surface area contributed by atoms with Gasteiger partial charge in [0.25, 0.3) is 0 Å². The van der Waals surface area contributed by atoms with Crippen LogP contribution in [0.15, 0.2) is 60.7 Å². The highest BCUT2D eigenvalue weighted by Crippen LogP contribution is 2.14. The molecule has 3 rings (SSSR count). The molecule has 0 aliphatic carbocycles. The summed E-state index contributed by atoms with van der Waals surface area (Å²) in [6, 6.07) is 7.26. The van der Waals surface area contributed by atoms with Crippen LogP contribution in [0.1, 0.15) is 85.8 Å². The highest BCUT2D eigenvalue weighted by Gasteiger charge is 2.39. The number of hydrogen-bond acceptors (Lipinski definition) is 11. The van der Waals surface area contributed by atoms with Gasteiger partial charge in [0.1, 0.15) is 42.4 Å². The van der Waals surface area contributed by atoms with Crippen LogP contribution in [0.4, 0.5) is 0 Å². The van der Waals surface area contributed by atoms with Crippen LogP contribution in [-0.4, -0.2) is 119 Å². The molecule has 64 heavy (non-hydrogen) atoms. The fourth-order valence-electron chi connectivity index (χ4n) is 6.91. The molecule has 0 radical (unpaired) electrons. The molecule has 9 N–H and O–H groups in total. The summed E-state index contributed by atoms with van der Waals surface area (Å²) >= 11 is 0. The zero-order valence-corrected chi connectivity index (χ0v) is 38.0. The van der Waals surface area contributed by atoms with Gasteiger partial charge in [0.05, 0.1) is 12.7 Å². The third-order valence-electron chi connectivity index (χ3n) is 10.8. The maximum Gasteiger partial charge on any atom is 0.331 e. The molecule has 0 bridgehead atoms. The van der Waals surface area contributed by atoms with Crippen LogP contribution in [0.2, 0.25) is 0 Å². The standard InChI is InChI=1S/C46H67N7O11/c1-9-27(6)39(56)47-35(23-31-18-14-11-15-19-31)43(60)53-38-29(8)64-46(63)36(24-54)51-44(61)37(28(7)55)52-42(59)33(21-26(4)5)48-41(58)34(22-30-16-12-10-13-17-30)49-40(57)32(20-25(2)3)50-45(38)62/h10-19,25-29,32-38,54-55H,9,20-24H2,1-8H3,(H,47,56)(H,48,58)(H,49,57)(H,50,62)(H,51,61)(H,52,59)(H,53,60)/t27?,28-,29+,32+,33+,34+,35+,36-,37+,38?/m0/s1. The quantitative estimate of drug-likeness (QED) is 0.110. The summed E-state index contributed by atoms with van der Waals surface area (Å²) in [5, 5.41) is 39.1. The molecule has 0 saturated carbocycles. The smallest absolute Gasteiger partial charge is 0.331 e. The summed E-state index contributed by atoms with van der Waals surface area (Å²) in [5.74, 6) is -7.79. The van der Waals surface area contributed by atoms with Gasteiger partial charge in [-0.3, -0.25) is 33.6 Å². The monoisotopic (exact) mass is 893 g/mol. The summed E-state index contributed by atoms with van der Waals surface area (Å²) in [4.78, 5) is 111. The van der Waals surface area contributed by atoms with E-state index in [1.807, 2.05) is 6.92 Å². The van der Waals surface area contributed by atoms with Gasteiger partial charge in [0.15, 0.2) is 6.04 Å². The average molecular weight is 894 g/mol. The third-order valence-corrected chi connectivity index (χ3v) is 10.8. The van der Waals surface area contributed by atoms with Crippen molar-refractivity contribution < 1.29 is 53.3 Å². The number of cyclic esters (lactones) is 1. The van der Waals surface area contributed by atoms with Gasteiger partial charge in [-0.05, 0) is 56.1 Å². The van der Waals surface area contributed by atoms with Gasteiger partial charge >= 0.3 is 5.97 Å². The lowest BCUT2D eigenvalue weighted by Crippen LogP contribution is -2.62. The number of esters is 1. The van der Waals surface area contributed by atoms with Crippen molar-refractivity contribution in [2.45, 2.75) is 142 Å². The van der Waals surface area contributed by atoms with Crippen molar-refractivity contribution in [2.75, 3.05) is 6.61 Å². The van der Waals surface area contributed by atoms with Gasteiger partial charge in [-0.15, -0.1) is 0 Å². The molecular formula is C46H67N7O11. The number of aliphatic hydroxyl groups excluding tert-OH is 2. The van der Waals surface area contributed by atoms with E-state index >= 15 is 0 Å². The van der Waals surface area contributed by atoms with Crippen LogP contribution < -0.4 is 37.2 Å². The second-order valence-electron chi connectivity index (χ2n) is 17.3. The Balaban J connectivity index is 2.17. The van der Waals surface area contributed by atoms with E-state index in [9.17, 15) is 48.6 Å². The summed E-state index contributed by atoms with van der Waals surface area (Å²) in [5.41, 5.74) is 1.34. The lowest BCUT2D eigenvalue weighted by molar-refractivity contribution is -0.157. The number of aliphatic hydroxyl groups is 2. The van der Waals surface area contributed by atoms with Crippen LogP contribution in [0.3, 0.4) is 0 Å². The molecule has 7 amide bonds. The molecule has 0 aromatic heterocycles. The first kappa shape index (κ1) is 52.5. The van der Waals surface area contributed by atoms with Crippen molar-refractivity contribution >= 4 is 47.3 Å². The third kappa shape index (κ3) is 16.3. The largest absolute Gasteiger partial charge is 0.458 e. The predicted molar refractivity (Wildman–Crippen MR) is 236 cm³/mol. The first-order valence-electron chi connectivity index (χ1n) is 21.9. The molecule has 18 nitrogen and oxygen atoms in total. The van der Waals surface area contributed by atoms with Crippen molar-refractivity contribution in [1.29, 1.82) is 0 Å². The van der Waals surface area contributed by atoms with E-state index in [4.69, 9.17) is 4.74 Å². The van der Waals surface area contributed by atoms with Gasteiger partial charge in [-0.1, -0.05) is 102 Å². The number of rotatable bonds is 15. The van der Waals surface area contributed by atoms with E-state index in [0.717, 1.165) is 0 Å². The van der Waals surface area contributed by atoms with E-state index in [0.29, 0.717) is 17.5 Å². The Morgan fingerprint density at radius 1 is 0.656 bits per heavy atom. The molecule has 1 heterocycles. The SMILES string of the molecule is CCC(C)C(=O)N[C@H](Cc1ccccc1)C(=O)NC1C(=O)N[C@H](CC(C)C)C(=O)N[C@H](Cc2ccccc2)C(=O)N[C@H](CC(C)C)C(=O)N[C@H]([C@H](C)O)C(=O)N[C@@H](CO)C(=O)O[C@@H]1C. The number of carbonyl (C=O) groups is 8. The number of hydrogen-bond donors (Lipinski definition) is 9. The van der Waals surface area contributed by atoms with Crippen LogP contribution in [-0.2, 0) is 55.9 Å². The summed E-state index contributed by atoms with van der Waals surface area (Å²) in [7, 11) is 0. The number of amides is 7. The Hall–Kier alpha value is -5.88. The molecule has 352 valence electrons. The molecule has 2 aromatic rings. The van der Waals surface area contributed by atoms with E-state index in [1.165, 1.54) is 13.8 Å².